The highest BCUT2D eigenvalue weighted by Gasteiger charge is 2.14. The fourth-order valence-electron chi connectivity index (χ4n) is 2.05. The van der Waals surface area contributed by atoms with E-state index in [2.05, 4.69) is 11.9 Å². The number of halogens is 1. The third-order valence-corrected chi connectivity index (χ3v) is 3.62. The van der Waals surface area contributed by atoms with Crippen molar-refractivity contribution in [3.63, 3.8) is 0 Å². The van der Waals surface area contributed by atoms with E-state index in [0.29, 0.717) is 6.61 Å². The van der Waals surface area contributed by atoms with E-state index in [4.69, 9.17) is 22.1 Å². The maximum Gasteiger partial charge on any atom is 0.137 e. The molecule has 0 fully saturated rings. The van der Waals surface area contributed by atoms with Gasteiger partial charge in [0, 0.05) is 11.2 Å². The highest BCUT2D eigenvalue weighted by Crippen LogP contribution is 2.28. The van der Waals surface area contributed by atoms with E-state index in [-0.39, 0.29) is 6.04 Å². The predicted molar refractivity (Wildman–Crippen MR) is 82.2 cm³/mol. The van der Waals surface area contributed by atoms with Crippen LogP contribution in [0.4, 0.5) is 0 Å². The Hall–Kier alpha value is -1.58. The molecule has 2 aromatic rings. The van der Waals surface area contributed by atoms with Crippen LogP contribution < -0.4 is 10.5 Å². The smallest absolute Gasteiger partial charge is 0.137 e. The molecule has 1 aromatic heterocycles. The molecule has 0 aliphatic carbocycles. The molecule has 1 aromatic carbocycles. The average molecular weight is 291 g/mol. The number of rotatable bonds is 5. The van der Waals surface area contributed by atoms with Crippen LogP contribution in [0.1, 0.15) is 36.1 Å². The van der Waals surface area contributed by atoms with Gasteiger partial charge in [0.05, 0.1) is 18.8 Å². The second-order valence-electron chi connectivity index (χ2n) is 4.73. The second kappa shape index (κ2) is 6.73. The highest BCUT2D eigenvalue weighted by molar-refractivity contribution is 6.31. The molecular formula is C16H19ClN2O. The molecule has 1 heterocycles. The van der Waals surface area contributed by atoms with E-state index < -0.39 is 0 Å². The van der Waals surface area contributed by atoms with Gasteiger partial charge in [-0.15, -0.1) is 0 Å². The van der Waals surface area contributed by atoms with Crippen LogP contribution in [0.3, 0.4) is 0 Å². The Kier molecular flexibility index (Phi) is 4.99. The lowest BCUT2D eigenvalue weighted by atomic mass is 9.97. The number of aromatic nitrogens is 1. The van der Waals surface area contributed by atoms with Gasteiger partial charge in [0.25, 0.3) is 0 Å². The molecule has 20 heavy (non-hydrogen) atoms. The Morgan fingerprint density at radius 2 is 2.15 bits per heavy atom. The molecule has 0 radical (unpaired) electrons. The fourth-order valence-corrected chi connectivity index (χ4v) is 2.23. The first-order valence-electron chi connectivity index (χ1n) is 6.71. The van der Waals surface area contributed by atoms with Crippen molar-refractivity contribution in [2.45, 2.75) is 26.3 Å². The number of nitrogens with two attached hydrogens (primary N) is 1. The summed E-state index contributed by atoms with van der Waals surface area (Å²) in [6, 6.07) is 7.45. The molecule has 0 aliphatic heterocycles. The van der Waals surface area contributed by atoms with Crippen LogP contribution >= 0.6 is 11.6 Å². The van der Waals surface area contributed by atoms with Gasteiger partial charge in [0.15, 0.2) is 0 Å². The standard InChI is InChI=1S/C16H19ClN2O/c1-3-7-20-13-8-12(9-19-10-13)16(18)14-5-4-6-15(17)11(14)2/h4-6,8-10,16H,3,7,18H2,1-2H3. The maximum atomic E-state index is 6.33. The number of nitrogens with zero attached hydrogens (tertiary/aromatic N) is 1. The van der Waals surface area contributed by atoms with Crippen LogP contribution in [0.2, 0.25) is 5.02 Å². The lowest BCUT2D eigenvalue weighted by Gasteiger charge is -2.16. The molecule has 2 rings (SSSR count). The molecule has 106 valence electrons. The first-order chi connectivity index (χ1) is 9.63. The molecule has 4 heteroatoms. The molecule has 2 N–H and O–H groups in total. The number of hydrogen-bond acceptors (Lipinski definition) is 3. The second-order valence-corrected chi connectivity index (χ2v) is 5.14. The van der Waals surface area contributed by atoms with Gasteiger partial charge in [-0.25, -0.2) is 0 Å². The number of hydrogen-bond donors (Lipinski definition) is 1. The Morgan fingerprint density at radius 3 is 2.90 bits per heavy atom. The predicted octanol–water partition coefficient (Wildman–Crippen LogP) is 3.88. The third-order valence-electron chi connectivity index (χ3n) is 3.21. The van der Waals surface area contributed by atoms with Gasteiger partial charge < -0.3 is 10.5 Å². The van der Waals surface area contributed by atoms with Crippen molar-refractivity contribution in [1.29, 1.82) is 0 Å². The lowest BCUT2D eigenvalue weighted by Crippen LogP contribution is -2.14. The summed E-state index contributed by atoms with van der Waals surface area (Å²) >= 11 is 6.15. The number of benzene rings is 1. The Morgan fingerprint density at radius 1 is 1.35 bits per heavy atom. The molecular weight excluding hydrogens is 272 g/mol. The Balaban J connectivity index is 2.28. The number of pyridine rings is 1. The van der Waals surface area contributed by atoms with Crippen molar-refractivity contribution in [3.8, 4) is 5.75 Å². The van der Waals surface area contributed by atoms with Crippen LogP contribution in [0.15, 0.2) is 36.7 Å². The largest absolute Gasteiger partial charge is 0.492 e. The van der Waals surface area contributed by atoms with Crippen molar-refractivity contribution in [2.75, 3.05) is 6.61 Å². The zero-order valence-electron chi connectivity index (χ0n) is 11.8. The normalized spacial score (nSPS) is 12.2. The van der Waals surface area contributed by atoms with Gasteiger partial charge in [-0.05, 0) is 42.2 Å². The molecule has 0 amide bonds. The van der Waals surface area contributed by atoms with Gasteiger partial charge >= 0.3 is 0 Å². The molecule has 1 unspecified atom stereocenters. The van der Waals surface area contributed by atoms with Gasteiger partial charge in [0.2, 0.25) is 0 Å². The summed E-state index contributed by atoms with van der Waals surface area (Å²) < 4.78 is 5.59. The van der Waals surface area contributed by atoms with E-state index in [1.807, 2.05) is 31.2 Å². The highest BCUT2D eigenvalue weighted by atomic mass is 35.5. The summed E-state index contributed by atoms with van der Waals surface area (Å²) in [5.41, 5.74) is 9.26. The van der Waals surface area contributed by atoms with E-state index in [9.17, 15) is 0 Å². The van der Waals surface area contributed by atoms with E-state index in [0.717, 1.165) is 33.9 Å². The molecule has 0 aliphatic rings. The van der Waals surface area contributed by atoms with Crippen LogP contribution in [-0.4, -0.2) is 11.6 Å². The molecule has 0 bridgehead atoms. The zero-order chi connectivity index (χ0) is 14.5. The van der Waals surface area contributed by atoms with Crippen molar-refractivity contribution in [2.24, 2.45) is 5.73 Å². The summed E-state index contributed by atoms with van der Waals surface area (Å²) in [6.07, 6.45) is 4.43. The minimum atomic E-state index is -0.258. The van der Waals surface area contributed by atoms with Gasteiger partial charge in [0.1, 0.15) is 5.75 Å². The average Bonchev–Trinajstić information content (AvgIpc) is 2.47. The quantitative estimate of drug-likeness (QED) is 0.909. The van der Waals surface area contributed by atoms with Crippen molar-refractivity contribution < 1.29 is 4.74 Å². The van der Waals surface area contributed by atoms with Crippen molar-refractivity contribution in [3.05, 3.63) is 58.4 Å². The summed E-state index contributed by atoms with van der Waals surface area (Å²) in [6.45, 7) is 4.72. The zero-order valence-corrected chi connectivity index (χ0v) is 12.5. The van der Waals surface area contributed by atoms with Crippen LogP contribution in [0, 0.1) is 6.92 Å². The Bertz CT molecular complexity index is 586. The SMILES string of the molecule is CCCOc1cncc(C(N)c2cccc(Cl)c2C)c1. The minimum Gasteiger partial charge on any atom is -0.492 e. The van der Waals surface area contributed by atoms with Crippen LogP contribution in [0.5, 0.6) is 5.75 Å². The molecule has 1 atom stereocenters. The third kappa shape index (κ3) is 3.30. The van der Waals surface area contributed by atoms with Gasteiger partial charge in [-0.2, -0.15) is 0 Å². The molecule has 3 nitrogen and oxygen atoms in total. The van der Waals surface area contributed by atoms with Gasteiger partial charge in [-0.3, -0.25) is 4.98 Å². The summed E-state index contributed by atoms with van der Waals surface area (Å²) in [7, 11) is 0. The maximum absolute atomic E-state index is 6.33. The monoisotopic (exact) mass is 290 g/mol. The lowest BCUT2D eigenvalue weighted by molar-refractivity contribution is 0.315. The first-order valence-corrected chi connectivity index (χ1v) is 7.09. The van der Waals surface area contributed by atoms with Crippen molar-refractivity contribution in [1.82, 2.24) is 4.98 Å². The first kappa shape index (κ1) is 14.8. The number of ether oxygens (including phenoxy) is 1. The molecule has 0 saturated heterocycles. The van der Waals surface area contributed by atoms with E-state index in [1.54, 1.807) is 12.4 Å². The fraction of sp³-hybridized carbons (Fsp3) is 0.312. The summed E-state index contributed by atoms with van der Waals surface area (Å²) in [5.74, 6) is 0.750. The van der Waals surface area contributed by atoms with Crippen molar-refractivity contribution >= 4 is 11.6 Å². The summed E-state index contributed by atoms with van der Waals surface area (Å²) in [5, 5.41) is 0.726. The summed E-state index contributed by atoms with van der Waals surface area (Å²) in [4.78, 5) is 4.20. The van der Waals surface area contributed by atoms with E-state index >= 15 is 0 Å². The van der Waals surface area contributed by atoms with Crippen LogP contribution in [0.25, 0.3) is 0 Å². The topological polar surface area (TPSA) is 48.1 Å². The van der Waals surface area contributed by atoms with Crippen LogP contribution in [-0.2, 0) is 0 Å². The minimum absolute atomic E-state index is 0.258. The molecule has 0 spiro atoms. The van der Waals surface area contributed by atoms with E-state index in [1.165, 1.54) is 0 Å². The molecule has 0 saturated carbocycles. The Labute approximate surface area is 124 Å². The van der Waals surface area contributed by atoms with Gasteiger partial charge in [-0.1, -0.05) is 30.7 Å².